The van der Waals surface area contributed by atoms with Crippen LogP contribution in [0.1, 0.15) is 46.8 Å². The first-order chi connectivity index (χ1) is 17.3. The minimum atomic E-state index is -4.50. The zero-order valence-corrected chi connectivity index (χ0v) is 19.5. The Hall–Kier alpha value is -3.72. The van der Waals surface area contributed by atoms with E-state index in [1.165, 1.54) is 23.3 Å². The van der Waals surface area contributed by atoms with E-state index in [9.17, 15) is 13.2 Å². The molecule has 2 aromatic carbocycles. The van der Waals surface area contributed by atoms with Crippen molar-refractivity contribution in [3.05, 3.63) is 89.3 Å². The monoisotopic (exact) mass is 490 g/mol. The third-order valence-corrected chi connectivity index (χ3v) is 7.78. The predicted molar refractivity (Wildman–Crippen MR) is 132 cm³/mol. The number of fused-ring (bicyclic) bond motifs is 2. The second kappa shape index (κ2) is 8.16. The summed E-state index contributed by atoms with van der Waals surface area (Å²) >= 11 is 0. The van der Waals surface area contributed by atoms with E-state index in [0.717, 1.165) is 38.4 Å². The molecule has 0 amide bonds. The Balaban J connectivity index is 1.23. The van der Waals surface area contributed by atoms with E-state index in [4.69, 9.17) is 10.7 Å². The van der Waals surface area contributed by atoms with Crippen LogP contribution in [0.4, 0.5) is 19.0 Å². The number of nitrogens with two attached hydrogens (primary N) is 1. The summed E-state index contributed by atoms with van der Waals surface area (Å²) in [7, 11) is 0. The second-order valence-corrected chi connectivity index (χ2v) is 9.72. The molecular weight excluding hydrogens is 465 g/mol. The fourth-order valence-electron chi connectivity index (χ4n) is 5.76. The smallest absolute Gasteiger partial charge is 0.355 e. The molecule has 1 aliphatic carbocycles. The fraction of sp³-hybridized carbons (Fsp3) is 0.296. The number of piperidine rings is 1. The molecule has 1 saturated heterocycles. The lowest BCUT2D eigenvalue weighted by atomic mass is 9.73. The van der Waals surface area contributed by atoms with Crippen LogP contribution in [-0.4, -0.2) is 33.3 Å². The Bertz CT molecular complexity index is 1470. The van der Waals surface area contributed by atoms with E-state index in [0.29, 0.717) is 17.0 Å². The van der Waals surface area contributed by atoms with Gasteiger partial charge in [-0.15, -0.1) is 0 Å². The Morgan fingerprint density at radius 3 is 2.56 bits per heavy atom. The first-order valence-corrected chi connectivity index (χ1v) is 11.9. The third-order valence-electron chi connectivity index (χ3n) is 7.78. The molecule has 1 spiro atoms. The third kappa shape index (κ3) is 3.57. The molecule has 3 N–H and O–H groups in total. The summed E-state index contributed by atoms with van der Waals surface area (Å²) in [6.07, 6.45) is 0.0446. The number of nitrogens with one attached hydrogen (secondary N) is 1. The van der Waals surface area contributed by atoms with Crippen molar-refractivity contribution >= 4 is 22.6 Å². The van der Waals surface area contributed by atoms with Crippen molar-refractivity contribution in [2.75, 3.05) is 18.0 Å². The van der Waals surface area contributed by atoms with Crippen LogP contribution in [-0.2, 0) is 12.6 Å². The minimum absolute atomic E-state index is 0.0282. The first kappa shape index (κ1) is 22.7. The summed E-state index contributed by atoms with van der Waals surface area (Å²) in [6, 6.07) is 13.8. The van der Waals surface area contributed by atoms with Gasteiger partial charge in [-0.3, -0.25) is 5.10 Å². The quantitative estimate of drug-likeness (QED) is 0.409. The number of hydrogen-bond donors (Lipinski definition) is 2. The summed E-state index contributed by atoms with van der Waals surface area (Å²) in [4.78, 5) is 11.4. The van der Waals surface area contributed by atoms with Crippen LogP contribution in [0, 0.1) is 5.41 Å². The van der Waals surface area contributed by atoms with Gasteiger partial charge in [0.2, 0.25) is 0 Å². The summed E-state index contributed by atoms with van der Waals surface area (Å²) in [5.74, 6) is 0.706. The molecule has 0 bridgehead atoms. The van der Waals surface area contributed by atoms with Gasteiger partial charge in [0.05, 0.1) is 11.8 Å². The van der Waals surface area contributed by atoms with Crippen LogP contribution >= 0.6 is 0 Å². The molecule has 1 aliphatic heterocycles. The van der Waals surface area contributed by atoms with Crippen molar-refractivity contribution in [1.82, 2.24) is 20.2 Å². The molecule has 4 aromatic rings. The highest BCUT2D eigenvalue weighted by molar-refractivity contribution is 5.91. The maximum atomic E-state index is 13.5. The Kier molecular flexibility index (Phi) is 5.15. The molecule has 9 heteroatoms. The second-order valence-electron chi connectivity index (χ2n) is 9.72. The lowest BCUT2D eigenvalue weighted by molar-refractivity contribution is -0.137. The van der Waals surface area contributed by atoms with E-state index in [2.05, 4.69) is 44.9 Å². The average Bonchev–Trinajstić information content (AvgIpc) is 3.42. The van der Waals surface area contributed by atoms with E-state index >= 15 is 0 Å². The number of H-pyrrole nitrogens is 1. The summed E-state index contributed by atoms with van der Waals surface area (Å²) in [5, 5.41) is 7.05. The molecule has 1 atom stereocenters. The molecule has 6 nitrogen and oxygen atoms in total. The fourth-order valence-corrected chi connectivity index (χ4v) is 5.76. The van der Waals surface area contributed by atoms with Gasteiger partial charge in [-0.1, -0.05) is 49.0 Å². The van der Waals surface area contributed by atoms with Gasteiger partial charge >= 0.3 is 6.18 Å². The topological polar surface area (TPSA) is 83.7 Å². The largest absolute Gasteiger partial charge is 0.417 e. The van der Waals surface area contributed by atoms with Gasteiger partial charge in [-0.2, -0.15) is 18.3 Å². The minimum Gasteiger partial charge on any atom is -0.355 e. The number of benzene rings is 2. The molecule has 36 heavy (non-hydrogen) atoms. The van der Waals surface area contributed by atoms with Gasteiger partial charge in [0.15, 0.2) is 5.65 Å². The summed E-state index contributed by atoms with van der Waals surface area (Å²) in [5.41, 5.74) is 9.77. The van der Waals surface area contributed by atoms with Gasteiger partial charge in [-0.05, 0) is 47.4 Å². The zero-order chi connectivity index (χ0) is 25.1. The first-order valence-electron chi connectivity index (χ1n) is 11.9. The lowest BCUT2D eigenvalue weighted by Crippen LogP contribution is -2.44. The number of anilines is 1. The molecule has 0 saturated carbocycles. The normalized spacial score (nSPS) is 19.1. The lowest BCUT2D eigenvalue weighted by Gasteiger charge is -2.42. The molecule has 0 radical (unpaired) electrons. The Morgan fingerprint density at radius 1 is 1.08 bits per heavy atom. The Labute approximate surface area is 206 Å². The van der Waals surface area contributed by atoms with Crippen LogP contribution in [0.3, 0.4) is 0 Å². The summed E-state index contributed by atoms with van der Waals surface area (Å²) < 4.78 is 40.6. The molecule has 0 unspecified atom stereocenters. The molecule has 3 heterocycles. The molecule has 1 fully saturated rings. The van der Waals surface area contributed by atoms with Crippen LogP contribution in [0.15, 0.2) is 61.3 Å². The van der Waals surface area contributed by atoms with Crippen molar-refractivity contribution in [1.29, 1.82) is 0 Å². The molecule has 6 rings (SSSR count). The predicted octanol–water partition coefficient (Wildman–Crippen LogP) is 5.28. The van der Waals surface area contributed by atoms with Crippen molar-refractivity contribution in [3.8, 4) is 0 Å². The highest BCUT2D eigenvalue weighted by Crippen LogP contribution is 2.51. The number of hydrogen-bond acceptors (Lipinski definition) is 5. The Morgan fingerprint density at radius 2 is 1.81 bits per heavy atom. The van der Waals surface area contributed by atoms with E-state index in [-0.39, 0.29) is 28.3 Å². The maximum Gasteiger partial charge on any atom is 0.417 e. The van der Waals surface area contributed by atoms with Crippen LogP contribution < -0.4 is 10.6 Å². The van der Waals surface area contributed by atoms with Crippen LogP contribution in [0.25, 0.3) is 16.7 Å². The maximum absolute atomic E-state index is 13.5. The number of alkyl halides is 3. The van der Waals surface area contributed by atoms with E-state index in [1.54, 1.807) is 12.3 Å². The number of rotatable bonds is 3. The number of halogens is 3. The average molecular weight is 491 g/mol. The van der Waals surface area contributed by atoms with Gasteiger partial charge in [0.25, 0.3) is 0 Å². The number of aromatic nitrogens is 4. The van der Waals surface area contributed by atoms with Crippen molar-refractivity contribution in [3.63, 3.8) is 0 Å². The molecule has 2 aromatic heterocycles. The standard InChI is InChI=1S/C27H25F3N6/c1-16(18-7-4-5-9-20(18)27(28,29)30)22-23-25(35-34-22)33-21(15-32-23)36-12-10-26(11-13-36)14-17-6-2-3-8-19(17)24(26)31/h2-9,15,24H,1,10-14,31H2,(H,33,34,35)/t24-/m1/s1. The number of nitrogens with zero attached hydrogens (tertiary/aromatic N) is 4. The SMILES string of the molecule is C=C(c1ccccc1C(F)(F)F)c1n[nH]c2nc(N3CCC4(CC3)Cc3ccccc3[C@H]4N)cnc12. The summed E-state index contributed by atoms with van der Waals surface area (Å²) in [6.45, 7) is 5.50. The van der Waals surface area contributed by atoms with Crippen molar-refractivity contribution in [2.45, 2.75) is 31.5 Å². The van der Waals surface area contributed by atoms with Crippen LogP contribution in [0.5, 0.6) is 0 Å². The van der Waals surface area contributed by atoms with Crippen molar-refractivity contribution < 1.29 is 13.2 Å². The van der Waals surface area contributed by atoms with Gasteiger partial charge in [0, 0.05) is 24.7 Å². The highest BCUT2D eigenvalue weighted by atomic mass is 19.4. The molecule has 2 aliphatic rings. The van der Waals surface area contributed by atoms with Crippen LogP contribution in [0.2, 0.25) is 0 Å². The van der Waals surface area contributed by atoms with E-state index < -0.39 is 11.7 Å². The molecular formula is C27H25F3N6. The van der Waals surface area contributed by atoms with Gasteiger partial charge < -0.3 is 10.6 Å². The highest BCUT2D eigenvalue weighted by Gasteiger charge is 2.46. The van der Waals surface area contributed by atoms with E-state index in [1.807, 2.05) is 6.07 Å². The van der Waals surface area contributed by atoms with Gasteiger partial charge in [0.1, 0.15) is 17.0 Å². The van der Waals surface area contributed by atoms with Gasteiger partial charge in [-0.25, -0.2) is 9.97 Å². The molecule has 184 valence electrons. The number of aromatic amines is 1. The van der Waals surface area contributed by atoms with Crippen molar-refractivity contribution in [2.24, 2.45) is 11.1 Å². The zero-order valence-electron chi connectivity index (χ0n) is 19.5.